The van der Waals surface area contributed by atoms with Gasteiger partial charge >= 0.3 is 0 Å². The molecule has 1 fully saturated rings. The lowest BCUT2D eigenvalue weighted by Crippen LogP contribution is -2.40. The predicted octanol–water partition coefficient (Wildman–Crippen LogP) is 3.84. The fraction of sp³-hybridized carbons (Fsp3) is 0.407. The maximum Gasteiger partial charge on any atom is 0.220 e. The molecule has 1 aliphatic heterocycles. The van der Waals surface area contributed by atoms with Crippen molar-refractivity contribution in [2.45, 2.75) is 25.8 Å². The lowest BCUT2D eigenvalue weighted by Gasteiger charge is -2.31. The first-order valence-corrected chi connectivity index (χ1v) is 11.9. The van der Waals surface area contributed by atoms with Gasteiger partial charge in [0.2, 0.25) is 5.91 Å². The zero-order valence-electron chi connectivity index (χ0n) is 20.5. The number of carbonyl (C=O) groups is 1. The molecule has 1 aliphatic rings. The van der Waals surface area contributed by atoms with E-state index in [0.29, 0.717) is 30.4 Å². The molecule has 2 aromatic carbocycles. The molecule has 0 spiro atoms. The first kappa shape index (κ1) is 24.6. The minimum Gasteiger partial charge on any atom is -0.497 e. The van der Waals surface area contributed by atoms with E-state index in [1.807, 2.05) is 48.5 Å². The van der Waals surface area contributed by atoms with E-state index in [1.54, 1.807) is 21.3 Å². The standard InChI is InChI=1S/C27H33N3O5/c1-32-23-7-5-19(6-8-23)25-15-22(30-35-25)13-21-17-28-11-10-20(21)14-27(31)29-16-18-4-9-24(33-2)26(12-18)34-3/h4-9,12,15,20-21,28H,10-11,13-14,16-17H2,1-3H3,(H,29,31)/t20-,21+/m0/s1. The number of hydrogen-bond acceptors (Lipinski definition) is 7. The Labute approximate surface area is 205 Å². The number of aromatic nitrogens is 1. The van der Waals surface area contributed by atoms with Gasteiger partial charge in [-0.2, -0.15) is 0 Å². The molecule has 0 aliphatic carbocycles. The van der Waals surface area contributed by atoms with Crippen LogP contribution in [0.1, 0.15) is 24.1 Å². The molecule has 0 saturated carbocycles. The Bertz CT molecular complexity index is 1110. The van der Waals surface area contributed by atoms with Crippen molar-refractivity contribution in [2.24, 2.45) is 11.8 Å². The van der Waals surface area contributed by atoms with Crippen molar-refractivity contribution < 1.29 is 23.5 Å². The van der Waals surface area contributed by atoms with Crippen LogP contribution in [0, 0.1) is 11.8 Å². The summed E-state index contributed by atoms with van der Waals surface area (Å²) < 4.78 is 21.4. The van der Waals surface area contributed by atoms with Gasteiger partial charge in [-0.15, -0.1) is 0 Å². The van der Waals surface area contributed by atoms with E-state index in [0.717, 1.165) is 54.3 Å². The molecule has 4 rings (SSSR count). The van der Waals surface area contributed by atoms with Gasteiger partial charge in [0.05, 0.1) is 27.0 Å². The van der Waals surface area contributed by atoms with Crippen LogP contribution in [0.25, 0.3) is 11.3 Å². The number of carbonyl (C=O) groups excluding carboxylic acids is 1. The molecule has 8 nitrogen and oxygen atoms in total. The van der Waals surface area contributed by atoms with Crippen LogP contribution >= 0.6 is 0 Å². The quantitative estimate of drug-likeness (QED) is 0.456. The molecule has 1 aromatic heterocycles. The summed E-state index contributed by atoms with van der Waals surface area (Å²) in [5.41, 5.74) is 2.82. The normalized spacial score (nSPS) is 17.6. The summed E-state index contributed by atoms with van der Waals surface area (Å²) in [5.74, 6) is 3.50. The van der Waals surface area contributed by atoms with Gasteiger partial charge in [-0.3, -0.25) is 4.79 Å². The minimum absolute atomic E-state index is 0.0516. The molecule has 0 bridgehead atoms. The lowest BCUT2D eigenvalue weighted by molar-refractivity contribution is -0.122. The molecule has 8 heteroatoms. The van der Waals surface area contributed by atoms with Gasteiger partial charge in [0.25, 0.3) is 0 Å². The molecule has 186 valence electrons. The van der Waals surface area contributed by atoms with Gasteiger partial charge in [-0.1, -0.05) is 11.2 Å². The molecule has 3 aromatic rings. The second-order valence-electron chi connectivity index (χ2n) is 8.80. The highest BCUT2D eigenvalue weighted by molar-refractivity contribution is 5.76. The first-order chi connectivity index (χ1) is 17.1. The Morgan fingerprint density at radius 1 is 1.03 bits per heavy atom. The van der Waals surface area contributed by atoms with Gasteiger partial charge in [0.15, 0.2) is 17.3 Å². The zero-order chi connectivity index (χ0) is 24.6. The van der Waals surface area contributed by atoms with Crippen LogP contribution in [0.4, 0.5) is 0 Å². The number of ether oxygens (including phenoxy) is 3. The molecule has 2 N–H and O–H groups in total. The molecule has 1 saturated heterocycles. The van der Waals surface area contributed by atoms with Crippen molar-refractivity contribution in [3.05, 3.63) is 59.8 Å². The highest BCUT2D eigenvalue weighted by Crippen LogP contribution is 2.29. The molecular formula is C27H33N3O5. The highest BCUT2D eigenvalue weighted by Gasteiger charge is 2.28. The van der Waals surface area contributed by atoms with Crippen molar-refractivity contribution in [1.29, 1.82) is 0 Å². The Morgan fingerprint density at radius 2 is 1.83 bits per heavy atom. The Kier molecular flexibility index (Phi) is 8.26. The second-order valence-corrected chi connectivity index (χ2v) is 8.80. The van der Waals surface area contributed by atoms with Crippen LogP contribution in [0.15, 0.2) is 53.1 Å². The Morgan fingerprint density at radius 3 is 2.57 bits per heavy atom. The zero-order valence-corrected chi connectivity index (χ0v) is 20.5. The number of nitrogens with zero attached hydrogens (tertiary/aromatic N) is 1. The first-order valence-electron chi connectivity index (χ1n) is 11.9. The lowest BCUT2D eigenvalue weighted by atomic mass is 9.81. The van der Waals surface area contributed by atoms with Gasteiger partial charge in [0.1, 0.15) is 5.75 Å². The van der Waals surface area contributed by atoms with E-state index in [2.05, 4.69) is 15.8 Å². The van der Waals surface area contributed by atoms with Crippen molar-refractivity contribution in [3.8, 4) is 28.6 Å². The molecule has 2 heterocycles. The predicted molar refractivity (Wildman–Crippen MR) is 133 cm³/mol. The van der Waals surface area contributed by atoms with E-state index >= 15 is 0 Å². The van der Waals surface area contributed by atoms with Gasteiger partial charge in [0, 0.05) is 24.6 Å². The number of piperidine rings is 1. The number of nitrogens with one attached hydrogen (secondary N) is 2. The summed E-state index contributed by atoms with van der Waals surface area (Å²) in [5, 5.41) is 10.8. The summed E-state index contributed by atoms with van der Waals surface area (Å²) in [6.45, 7) is 2.22. The van der Waals surface area contributed by atoms with Crippen LogP contribution in [0.5, 0.6) is 17.2 Å². The summed E-state index contributed by atoms with van der Waals surface area (Å²) in [6.07, 6.45) is 2.21. The largest absolute Gasteiger partial charge is 0.497 e. The average molecular weight is 480 g/mol. The van der Waals surface area contributed by atoms with Gasteiger partial charge in [-0.25, -0.2) is 0 Å². The van der Waals surface area contributed by atoms with Crippen LogP contribution in [-0.4, -0.2) is 45.5 Å². The molecular weight excluding hydrogens is 446 g/mol. The van der Waals surface area contributed by atoms with Crippen molar-refractivity contribution in [3.63, 3.8) is 0 Å². The number of methoxy groups -OCH3 is 3. The topological polar surface area (TPSA) is 94.9 Å². The SMILES string of the molecule is COc1ccc(-c2cc(C[C@@H]3CNCC[C@H]3CC(=O)NCc3ccc(OC)c(OC)c3)no2)cc1. The van der Waals surface area contributed by atoms with Crippen molar-refractivity contribution in [2.75, 3.05) is 34.4 Å². The van der Waals surface area contributed by atoms with Crippen LogP contribution < -0.4 is 24.8 Å². The smallest absolute Gasteiger partial charge is 0.220 e. The number of amides is 1. The number of hydrogen-bond donors (Lipinski definition) is 2. The van der Waals surface area contributed by atoms with E-state index < -0.39 is 0 Å². The van der Waals surface area contributed by atoms with E-state index in [4.69, 9.17) is 18.7 Å². The Balaban J connectivity index is 1.33. The molecule has 1 amide bonds. The number of benzene rings is 2. The van der Waals surface area contributed by atoms with E-state index in [-0.39, 0.29) is 11.8 Å². The van der Waals surface area contributed by atoms with Crippen molar-refractivity contribution >= 4 is 5.91 Å². The third-order valence-corrected chi connectivity index (χ3v) is 6.56. The minimum atomic E-state index is 0.0516. The third kappa shape index (κ3) is 6.33. The maximum absolute atomic E-state index is 12.8. The third-order valence-electron chi connectivity index (χ3n) is 6.56. The fourth-order valence-corrected chi connectivity index (χ4v) is 4.55. The van der Waals surface area contributed by atoms with Crippen LogP contribution in [0.2, 0.25) is 0 Å². The van der Waals surface area contributed by atoms with Crippen LogP contribution in [0.3, 0.4) is 0 Å². The van der Waals surface area contributed by atoms with E-state index in [9.17, 15) is 4.79 Å². The van der Waals surface area contributed by atoms with Gasteiger partial charge in [-0.05, 0) is 79.7 Å². The van der Waals surface area contributed by atoms with Gasteiger partial charge < -0.3 is 29.4 Å². The summed E-state index contributed by atoms with van der Waals surface area (Å²) in [4.78, 5) is 12.8. The highest BCUT2D eigenvalue weighted by atomic mass is 16.5. The fourth-order valence-electron chi connectivity index (χ4n) is 4.55. The molecule has 2 atom stereocenters. The monoisotopic (exact) mass is 479 g/mol. The van der Waals surface area contributed by atoms with Crippen molar-refractivity contribution in [1.82, 2.24) is 15.8 Å². The summed E-state index contributed by atoms with van der Waals surface area (Å²) in [6, 6.07) is 15.4. The average Bonchev–Trinajstić information content (AvgIpc) is 3.37. The van der Waals surface area contributed by atoms with E-state index in [1.165, 1.54) is 0 Å². The molecule has 0 radical (unpaired) electrons. The Hall–Kier alpha value is -3.52. The number of rotatable bonds is 10. The second kappa shape index (κ2) is 11.8. The molecule has 0 unspecified atom stereocenters. The summed E-state index contributed by atoms with van der Waals surface area (Å²) in [7, 11) is 4.85. The molecule has 35 heavy (non-hydrogen) atoms. The summed E-state index contributed by atoms with van der Waals surface area (Å²) >= 11 is 0. The van der Waals surface area contributed by atoms with Crippen LogP contribution in [-0.2, 0) is 17.8 Å². The maximum atomic E-state index is 12.8.